The van der Waals surface area contributed by atoms with Crippen LogP contribution < -0.4 is 0 Å². The minimum absolute atomic E-state index is 0.262. The van der Waals surface area contributed by atoms with Crippen molar-refractivity contribution in [2.45, 2.75) is 71.1 Å². The summed E-state index contributed by atoms with van der Waals surface area (Å²) in [6, 6.07) is 0. The Morgan fingerprint density at radius 3 is 2.65 bits per heavy atom. The van der Waals surface area contributed by atoms with E-state index in [1.807, 2.05) is 13.0 Å². The Balaban J connectivity index is 2.11. The predicted molar refractivity (Wildman–Crippen MR) is 80.6 cm³/mol. The number of aliphatic carboxylic acids is 1. The first kappa shape index (κ1) is 16.9. The van der Waals surface area contributed by atoms with E-state index in [1.165, 1.54) is 12.8 Å². The molecule has 0 amide bonds. The topological polar surface area (TPSA) is 54.4 Å². The van der Waals surface area contributed by atoms with Crippen molar-refractivity contribution in [3.05, 3.63) is 12.2 Å². The normalized spacial score (nSPS) is 22.8. The lowest BCUT2D eigenvalue weighted by Crippen LogP contribution is -2.14. The van der Waals surface area contributed by atoms with Gasteiger partial charge in [-0.15, -0.1) is 0 Å². The number of rotatable bonds is 10. The highest BCUT2D eigenvalue weighted by molar-refractivity contribution is 5.83. The molecule has 3 heteroatoms. The molecule has 0 aliphatic heterocycles. The Bertz CT molecular complexity index is 333. The second-order valence-electron chi connectivity index (χ2n) is 5.88. The van der Waals surface area contributed by atoms with E-state index in [4.69, 9.17) is 5.11 Å². The van der Waals surface area contributed by atoms with E-state index in [0.717, 1.165) is 44.9 Å². The van der Waals surface area contributed by atoms with Crippen molar-refractivity contribution in [1.82, 2.24) is 0 Å². The molecule has 0 aromatic carbocycles. The van der Waals surface area contributed by atoms with Gasteiger partial charge in [-0.05, 0) is 38.5 Å². The maximum atomic E-state index is 11.8. The molecule has 0 aromatic rings. The molecule has 2 atom stereocenters. The zero-order chi connectivity index (χ0) is 14.8. The quantitative estimate of drug-likeness (QED) is 0.477. The summed E-state index contributed by atoms with van der Waals surface area (Å²) in [6.45, 7) is 2.01. The minimum atomic E-state index is -0.693. The van der Waals surface area contributed by atoms with Crippen molar-refractivity contribution in [3.8, 4) is 0 Å². The zero-order valence-electron chi connectivity index (χ0n) is 12.6. The van der Waals surface area contributed by atoms with Crippen LogP contribution in [0.25, 0.3) is 0 Å². The smallest absolute Gasteiger partial charge is 0.303 e. The Kier molecular flexibility index (Phi) is 8.24. The van der Waals surface area contributed by atoms with Crippen LogP contribution in [0.1, 0.15) is 71.1 Å². The van der Waals surface area contributed by atoms with Gasteiger partial charge in [-0.1, -0.05) is 37.8 Å². The fourth-order valence-corrected chi connectivity index (χ4v) is 3.14. The molecule has 114 valence electrons. The third kappa shape index (κ3) is 6.36. The van der Waals surface area contributed by atoms with Gasteiger partial charge in [0.2, 0.25) is 0 Å². The molecule has 1 aliphatic carbocycles. The average Bonchev–Trinajstić information content (AvgIpc) is 2.76. The van der Waals surface area contributed by atoms with Gasteiger partial charge in [-0.2, -0.15) is 0 Å². The van der Waals surface area contributed by atoms with Gasteiger partial charge in [0.25, 0.3) is 0 Å². The minimum Gasteiger partial charge on any atom is -0.481 e. The summed E-state index contributed by atoms with van der Waals surface area (Å²) in [5, 5.41) is 8.55. The highest BCUT2D eigenvalue weighted by atomic mass is 16.4. The first-order valence-corrected chi connectivity index (χ1v) is 8.00. The van der Waals surface area contributed by atoms with E-state index in [9.17, 15) is 9.59 Å². The summed E-state index contributed by atoms with van der Waals surface area (Å²) in [6.07, 6.45) is 13.6. The lowest BCUT2D eigenvalue weighted by atomic mass is 9.88. The zero-order valence-corrected chi connectivity index (χ0v) is 12.6. The number of carbonyl (C=O) groups excluding carboxylic acids is 1. The Morgan fingerprint density at radius 2 is 1.95 bits per heavy atom. The second-order valence-corrected chi connectivity index (χ2v) is 5.88. The van der Waals surface area contributed by atoms with Gasteiger partial charge in [0, 0.05) is 18.8 Å². The second kappa shape index (κ2) is 9.73. The molecule has 20 heavy (non-hydrogen) atoms. The summed E-state index contributed by atoms with van der Waals surface area (Å²) >= 11 is 0. The van der Waals surface area contributed by atoms with E-state index in [1.54, 1.807) is 0 Å². The van der Waals surface area contributed by atoms with Gasteiger partial charge < -0.3 is 5.11 Å². The average molecular weight is 280 g/mol. The number of unbranched alkanes of at least 4 members (excludes halogenated alkanes) is 4. The number of carbonyl (C=O) groups is 2. The van der Waals surface area contributed by atoms with Gasteiger partial charge >= 0.3 is 5.97 Å². The van der Waals surface area contributed by atoms with E-state index in [-0.39, 0.29) is 5.92 Å². The molecule has 1 aliphatic rings. The van der Waals surface area contributed by atoms with Crippen molar-refractivity contribution >= 4 is 11.8 Å². The molecule has 0 spiro atoms. The molecule has 0 saturated heterocycles. The van der Waals surface area contributed by atoms with Crippen LogP contribution in [0.2, 0.25) is 0 Å². The number of hydrogen-bond acceptors (Lipinski definition) is 2. The number of hydrogen-bond donors (Lipinski definition) is 1. The van der Waals surface area contributed by atoms with E-state index in [0.29, 0.717) is 18.1 Å². The van der Waals surface area contributed by atoms with Crippen LogP contribution in [0.5, 0.6) is 0 Å². The maximum absolute atomic E-state index is 11.8. The summed E-state index contributed by atoms with van der Waals surface area (Å²) in [5.74, 6) is 0.603. The Hall–Kier alpha value is -1.12. The fourth-order valence-electron chi connectivity index (χ4n) is 3.14. The van der Waals surface area contributed by atoms with Gasteiger partial charge in [-0.25, -0.2) is 0 Å². The van der Waals surface area contributed by atoms with E-state index < -0.39 is 5.97 Å². The molecule has 0 unspecified atom stereocenters. The highest BCUT2D eigenvalue weighted by Crippen LogP contribution is 2.35. The van der Waals surface area contributed by atoms with Crippen LogP contribution in [0.4, 0.5) is 0 Å². The Labute approximate surface area is 122 Å². The fraction of sp³-hybridized carbons (Fsp3) is 0.765. The molecule has 3 nitrogen and oxygen atoms in total. The van der Waals surface area contributed by atoms with E-state index in [2.05, 4.69) is 6.08 Å². The first-order valence-electron chi connectivity index (χ1n) is 8.00. The number of carboxylic acids is 1. The number of ketones is 1. The van der Waals surface area contributed by atoms with Gasteiger partial charge in [0.15, 0.2) is 0 Å². The van der Waals surface area contributed by atoms with E-state index >= 15 is 0 Å². The predicted octanol–water partition coefficient (Wildman–Crippen LogP) is 4.36. The molecule has 1 N–H and O–H groups in total. The van der Waals surface area contributed by atoms with Crippen LogP contribution in [0.3, 0.4) is 0 Å². The third-order valence-electron chi connectivity index (χ3n) is 4.34. The van der Waals surface area contributed by atoms with Crippen molar-refractivity contribution in [2.24, 2.45) is 11.8 Å². The largest absolute Gasteiger partial charge is 0.481 e. The van der Waals surface area contributed by atoms with Crippen LogP contribution in [-0.2, 0) is 9.59 Å². The summed E-state index contributed by atoms with van der Waals surface area (Å²) < 4.78 is 0. The lowest BCUT2D eigenvalue weighted by molar-refractivity contribution is -0.137. The molecule has 0 aromatic heterocycles. The molecule has 1 saturated carbocycles. The first-order chi connectivity index (χ1) is 9.65. The summed E-state index contributed by atoms with van der Waals surface area (Å²) in [7, 11) is 0. The molecule has 0 heterocycles. The lowest BCUT2D eigenvalue weighted by Gasteiger charge is -2.16. The molecule has 0 radical (unpaired) electrons. The molecular weight excluding hydrogens is 252 g/mol. The van der Waals surface area contributed by atoms with Gasteiger partial charge in [0.1, 0.15) is 5.78 Å². The van der Waals surface area contributed by atoms with Crippen molar-refractivity contribution < 1.29 is 14.7 Å². The summed E-state index contributed by atoms with van der Waals surface area (Å²) in [4.78, 5) is 22.2. The van der Waals surface area contributed by atoms with Gasteiger partial charge in [-0.3, -0.25) is 9.59 Å². The Morgan fingerprint density at radius 1 is 1.25 bits per heavy atom. The third-order valence-corrected chi connectivity index (χ3v) is 4.34. The molecule has 1 rings (SSSR count). The number of Topliss-reactive ketones (excluding diaryl/α,β-unsaturated/α-hetero) is 1. The van der Waals surface area contributed by atoms with Crippen molar-refractivity contribution in [3.63, 3.8) is 0 Å². The van der Waals surface area contributed by atoms with Crippen molar-refractivity contribution in [1.29, 1.82) is 0 Å². The monoisotopic (exact) mass is 280 g/mol. The summed E-state index contributed by atoms with van der Waals surface area (Å²) in [5.41, 5.74) is 0. The number of carboxylic acid groups (broad SMARTS) is 1. The number of allylic oxidation sites excluding steroid dienone is 2. The standard InChI is InChI=1S/C17H28O3/c1-2-3-10-15-14(12-13-16(15)18)9-7-5-4-6-8-11-17(19)20/h2-3,14-15H,4-13H2,1H3,(H,19,20)/b3-2-/t14-,15-/m0/s1. The molecular formula is C17H28O3. The highest BCUT2D eigenvalue weighted by Gasteiger charge is 2.32. The van der Waals surface area contributed by atoms with Gasteiger partial charge in [0.05, 0.1) is 0 Å². The maximum Gasteiger partial charge on any atom is 0.303 e. The molecule has 1 fully saturated rings. The van der Waals surface area contributed by atoms with Crippen LogP contribution in [0, 0.1) is 11.8 Å². The SMILES string of the molecule is C/C=C\C[C@@H]1C(=O)CC[C@@H]1CCCCCCCC(=O)O. The van der Waals surface area contributed by atoms with Crippen LogP contribution in [0.15, 0.2) is 12.2 Å². The van der Waals surface area contributed by atoms with Crippen LogP contribution >= 0.6 is 0 Å². The molecule has 0 bridgehead atoms. The van der Waals surface area contributed by atoms with Crippen LogP contribution in [-0.4, -0.2) is 16.9 Å². The van der Waals surface area contributed by atoms with Crippen molar-refractivity contribution in [2.75, 3.05) is 0 Å².